The van der Waals surface area contributed by atoms with E-state index in [9.17, 15) is 14.9 Å². The van der Waals surface area contributed by atoms with Gasteiger partial charge in [-0.15, -0.1) is 10.2 Å². The Hall–Kier alpha value is -3.33. The van der Waals surface area contributed by atoms with Crippen LogP contribution in [0.5, 0.6) is 5.75 Å². The Balaban J connectivity index is 1.76. The molecule has 0 fully saturated rings. The molecular weight excluding hydrogens is 392 g/mol. The second-order valence-electron chi connectivity index (χ2n) is 6.52. The van der Waals surface area contributed by atoms with E-state index in [-0.39, 0.29) is 23.6 Å². The Kier molecular flexibility index (Phi) is 6.18. The Bertz CT molecular complexity index is 1030. The van der Waals surface area contributed by atoms with Gasteiger partial charge in [0.15, 0.2) is 5.75 Å². The molecule has 0 atom stereocenters. The van der Waals surface area contributed by atoms with E-state index >= 15 is 0 Å². The molecular formula is C20H20N4O4S. The van der Waals surface area contributed by atoms with Gasteiger partial charge in [-0.25, -0.2) is 0 Å². The normalized spacial score (nSPS) is 10.8. The number of carbonyl (C=O) groups is 1. The predicted molar refractivity (Wildman–Crippen MR) is 112 cm³/mol. The number of ether oxygens (including phenoxy) is 1. The molecule has 1 heterocycles. The molecule has 0 unspecified atom stereocenters. The van der Waals surface area contributed by atoms with Gasteiger partial charge >= 0.3 is 5.69 Å². The summed E-state index contributed by atoms with van der Waals surface area (Å²) in [5.74, 6) is 0.0533. The summed E-state index contributed by atoms with van der Waals surface area (Å²) in [5, 5.41) is 23.0. The topological polar surface area (TPSA) is 107 Å². The molecule has 1 aromatic heterocycles. The number of benzene rings is 2. The zero-order valence-corrected chi connectivity index (χ0v) is 17.0. The number of amides is 1. The maximum absolute atomic E-state index is 12.5. The van der Waals surface area contributed by atoms with Gasteiger partial charge in [-0.05, 0) is 30.5 Å². The molecule has 0 radical (unpaired) electrons. The molecule has 0 spiro atoms. The van der Waals surface area contributed by atoms with Crippen molar-refractivity contribution in [3.63, 3.8) is 0 Å². The number of nitrogens with one attached hydrogen (secondary N) is 1. The number of nitrogens with zero attached hydrogens (tertiary/aromatic N) is 3. The van der Waals surface area contributed by atoms with Crippen LogP contribution in [0.2, 0.25) is 0 Å². The van der Waals surface area contributed by atoms with Gasteiger partial charge in [-0.3, -0.25) is 20.2 Å². The summed E-state index contributed by atoms with van der Waals surface area (Å²) in [6.45, 7) is 6.27. The van der Waals surface area contributed by atoms with Gasteiger partial charge in [0.25, 0.3) is 5.91 Å². The van der Waals surface area contributed by atoms with Gasteiger partial charge in [0.2, 0.25) is 5.13 Å². The van der Waals surface area contributed by atoms with E-state index in [4.69, 9.17) is 4.74 Å². The van der Waals surface area contributed by atoms with Crippen LogP contribution in [-0.2, 0) is 0 Å². The molecule has 1 N–H and O–H groups in total. The molecule has 3 rings (SSSR count). The van der Waals surface area contributed by atoms with Gasteiger partial charge in [-0.1, -0.05) is 49.4 Å². The molecule has 0 saturated carbocycles. The first-order valence-electron chi connectivity index (χ1n) is 9.05. The van der Waals surface area contributed by atoms with Crippen molar-refractivity contribution >= 4 is 28.1 Å². The number of aromatic nitrogens is 2. The Morgan fingerprint density at radius 2 is 1.93 bits per heavy atom. The van der Waals surface area contributed by atoms with E-state index < -0.39 is 10.8 Å². The second-order valence-corrected chi connectivity index (χ2v) is 7.49. The Morgan fingerprint density at radius 3 is 2.55 bits per heavy atom. The molecule has 1 amide bonds. The summed E-state index contributed by atoms with van der Waals surface area (Å²) >= 11 is 1.23. The lowest BCUT2D eigenvalue weighted by Crippen LogP contribution is -2.12. The van der Waals surface area contributed by atoms with Crippen LogP contribution < -0.4 is 10.1 Å². The third kappa shape index (κ3) is 4.75. The summed E-state index contributed by atoms with van der Waals surface area (Å²) in [6, 6.07) is 12.1. The van der Waals surface area contributed by atoms with Crippen molar-refractivity contribution in [1.29, 1.82) is 0 Å². The van der Waals surface area contributed by atoms with Gasteiger partial charge in [0.1, 0.15) is 5.01 Å². The number of carbonyl (C=O) groups excluding carboxylic acids is 1. The maximum atomic E-state index is 12.5. The van der Waals surface area contributed by atoms with E-state index in [1.165, 1.54) is 35.1 Å². The minimum Gasteiger partial charge on any atom is -0.487 e. The predicted octanol–water partition coefficient (Wildman–Crippen LogP) is 4.89. The third-order valence-corrected chi connectivity index (χ3v) is 5.08. The smallest absolute Gasteiger partial charge is 0.311 e. The van der Waals surface area contributed by atoms with Gasteiger partial charge in [-0.2, -0.15) is 0 Å². The number of nitro groups is 1. The molecule has 0 aliphatic heterocycles. The van der Waals surface area contributed by atoms with Crippen molar-refractivity contribution in [2.75, 3.05) is 11.9 Å². The SMILES string of the molecule is CCOc1ccc(C(=O)Nc2nnc(-c3ccc(C(C)C)cc3)s2)cc1[N+](=O)[O-]. The molecule has 0 bridgehead atoms. The molecule has 9 heteroatoms. The highest BCUT2D eigenvalue weighted by atomic mass is 32.1. The van der Waals surface area contributed by atoms with Gasteiger partial charge in [0, 0.05) is 17.2 Å². The maximum Gasteiger partial charge on any atom is 0.311 e. The molecule has 0 aliphatic carbocycles. The van der Waals surface area contributed by atoms with Crippen molar-refractivity contribution in [3.8, 4) is 16.3 Å². The van der Waals surface area contributed by atoms with Crippen molar-refractivity contribution in [2.24, 2.45) is 0 Å². The average Bonchev–Trinajstić information content (AvgIpc) is 3.16. The lowest BCUT2D eigenvalue weighted by Gasteiger charge is -2.06. The first-order valence-corrected chi connectivity index (χ1v) is 9.87. The first kappa shape index (κ1) is 20.4. The van der Waals surface area contributed by atoms with E-state index in [1.54, 1.807) is 6.92 Å². The van der Waals surface area contributed by atoms with Crippen LogP contribution in [0.25, 0.3) is 10.6 Å². The molecule has 8 nitrogen and oxygen atoms in total. The molecule has 29 heavy (non-hydrogen) atoms. The fraction of sp³-hybridized carbons (Fsp3) is 0.250. The number of anilines is 1. The van der Waals surface area contributed by atoms with Crippen molar-refractivity contribution in [3.05, 3.63) is 63.7 Å². The summed E-state index contributed by atoms with van der Waals surface area (Å²) in [5.41, 5.74) is 2.01. The highest BCUT2D eigenvalue weighted by molar-refractivity contribution is 7.18. The van der Waals surface area contributed by atoms with E-state index in [1.807, 2.05) is 24.3 Å². The fourth-order valence-electron chi connectivity index (χ4n) is 2.65. The largest absolute Gasteiger partial charge is 0.487 e. The van der Waals surface area contributed by atoms with Crippen LogP contribution in [-0.4, -0.2) is 27.6 Å². The second kappa shape index (κ2) is 8.78. The van der Waals surface area contributed by atoms with E-state index in [2.05, 4.69) is 29.4 Å². The van der Waals surface area contributed by atoms with Crippen molar-refractivity contribution < 1.29 is 14.5 Å². The highest BCUT2D eigenvalue weighted by Gasteiger charge is 2.19. The molecule has 0 aliphatic rings. The summed E-state index contributed by atoms with van der Waals surface area (Å²) < 4.78 is 5.23. The summed E-state index contributed by atoms with van der Waals surface area (Å²) in [7, 11) is 0. The molecule has 2 aromatic carbocycles. The van der Waals surface area contributed by atoms with Crippen LogP contribution >= 0.6 is 11.3 Å². The monoisotopic (exact) mass is 412 g/mol. The Morgan fingerprint density at radius 1 is 1.21 bits per heavy atom. The minimum atomic E-state index is -0.578. The Labute approximate surface area is 171 Å². The number of hydrogen-bond donors (Lipinski definition) is 1. The quantitative estimate of drug-likeness (QED) is 0.437. The number of nitro benzene ring substituents is 1. The van der Waals surface area contributed by atoms with Crippen LogP contribution in [0.3, 0.4) is 0 Å². The lowest BCUT2D eigenvalue weighted by molar-refractivity contribution is -0.385. The van der Waals surface area contributed by atoms with Crippen LogP contribution in [0.15, 0.2) is 42.5 Å². The van der Waals surface area contributed by atoms with Crippen LogP contribution in [0.4, 0.5) is 10.8 Å². The van der Waals surface area contributed by atoms with Crippen LogP contribution in [0, 0.1) is 10.1 Å². The fourth-order valence-corrected chi connectivity index (χ4v) is 3.39. The van der Waals surface area contributed by atoms with E-state index in [0.29, 0.717) is 16.1 Å². The lowest BCUT2D eigenvalue weighted by atomic mass is 10.0. The number of rotatable bonds is 7. The summed E-state index contributed by atoms with van der Waals surface area (Å²) in [4.78, 5) is 23.1. The van der Waals surface area contributed by atoms with Crippen molar-refractivity contribution in [2.45, 2.75) is 26.7 Å². The molecule has 3 aromatic rings. The van der Waals surface area contributed by atoms with Crippen LogP contribution in [0.1, 0.15) is 42.6 Å². The average molecular weight is 412 g/mol. The third-order valence-electron chi connectivity index (χ3n) is 4.19. The molecule has 0 saturated heterocycles. The number of hydrogen-bond acceptors (Lipinski definition) is 7. The van der Waals surface area contributed by atoms with Gasteiger partial charge < -0.3 is 4.74 Å². The standard InChI is InChI=1S/C20H20N4O4S/c1-4-28-17-10-9-15(11-16(17)24(26)27)18(25)21-20-23-22-19(29-20)14-7-5-13(6-8-14)12(2)3/h5-12H,4H2,1-3H3,(H,21,23,25). The minimum absolute atomic E-state index is 0.122. The van der Waals surface area contributed by atoms with E-state index in [0.717, 1.165) is 5.56 Å². The highest BCUT2D eigenvalue weighted by Crippen LogP contribution is 2.30. The van der Waals surface area contributed by atoms with Crippen molar-refractivity contribution in [1.82, 2.24) is 10.2 Å². The first-order chi connectivity index (χ1) is 13.9. The zero-order valence-electron chi connectivity index (χ0n) is 16.2. The summed E-state index contributed by atoms with van der Waals surface area (Å²) in [6.07, 6.45) is 0. The van der Waals surface area contributed by atoms with Gasteiger partial charge in [0.05, 0.1) is 11.5 Å². The zero-order chi connectivity index (χ0) is 21.0. The molecule has 150 valence electrons.